The van der Waals surface area contributed by atoms with E-state index in [2.05, 4.69) is 5.32 Å². The van der Waals surface area contributed by atoms with E-state index >= 15 is 0 Å². The zero-order chi connectivity index (χ0) is 23.4. The van der Waals surface area contributed by atoms with Crippen LogP contribution in [0.3, 0.4) is 0 Å². The van der Waals surface area contributed by atoms with Gasteiger partial charge in [0.1, 0.15) is 28.2 Å². The average molecular weight is 447 g/mol. The van der Waals surface area contributed by atoms with Crippen LogP contribution in [0, 0.1) is 0 Å². The van der Waals surface area contributed by atoms with Gasteiger partial charge in [0, 0.05) is 30.3 Å². The Kier molecular flexibility index (Phi) is 6.17. The van der Waals surface area contributed by atoms with Crippen LogP contribution in [0.25, 0.3) is 22.3 Å². The van der Waals surface area contributed by atoms with Crippen molar-refractivity contribution in [1.82, 2.24) is 5.32 Å². The van der Waals surface area contributed by atoms with Gasteiger partial charge < -0.3 is 29.8 Å². The van der Waals surface area contributed by atoms with Gasteiger partial charge in [-0.25, -0.2) is 0 Å². The second kappa shape index (κ2) is 9.35. The van der Waals surface area contributed by atoms with E-state index in [1.807, 2.05) is 18.2 Å². The number of carbonyl (C=O) groups excluding carboxylic acids is 1. The number of fused-ring (bicyclic) bond motifs is 1. The third-order valence-corrected chi connectivity index (χ3v) is 4.99. The fraction of sp³-hybridized carbons (Fsp3) is 0.120. The Bertz CT molecular complexity index is 1360. The summed E-state index contributed by atoms with van der Waals surface area (Å²) in [6.45, 7) is -0.0148. The summed E-state index contributed by atoms with van der Waals surface area (Å²) in [4.78, 5) is 24.6. The molecule has 8 heteroatoms. The zero-order valence-electron chi connectivity index (χ0n) is 17.4. The van der Waals surface area contributed by atoms with Gasteiger partial charge in [0.05, 0.1) is 0 Å². The van der Waals surface area contributed by atoms with Crippen molar-refractivity contribution in [1.29, 1.82) is 0 Å². The standard InChI is InChI=1S/C25H21NO7/c27-18-7-6-15(10-19(18)28)8-9-26-24(31)14-32-17-11-20(29)25-21(30)13-22(33-23(25)12-17)16-4-2-1-3-5-16/h1-7,10-13,27-29H,8-9,14H2,(H,26,31). The van der Waals surface area contributed by atoms with Crippen molar-refractivity contribution in [3.8, 4) is 34.3 Å². The lowest BCUT2D eigenvalue weighted by molar-refractivity contribution is -0.123. The summed E-state index contributed by atoms with van der Waals surface area (Å²) in [5.41, 5.74) is 1.21. The third-order valence-electron chi connectivity index (χ3n) is 4.99. The van der Waals surface area contributed by atoms with Crippen LogP contribution >= 0.6 is 0 Å². The fourth-order valence-electron chi connectivity index (χ4n) is 3.34. The summed E-state index contributed by atoms with van der Waals surface area (Å²) in [6.07, 6.45) is 0.448. The Labute approximate surface area is 188 Å². The minimum atomic E-state index is -0.392. The van der Waals surface area contributed by atoms with E-state index in [-0.39, 0.29) is 40.6 Å². The highest BCUT2D eigenvalue weighted by molar-refractivity contribution is 5.86. The van der Waals surface area contributed by atoms with Crippen molar-refractivity contribution >= 4 is 16.9 Å². The number of nitrogens with one attached hydrogen (secondary N) is 1. The first-order valence-corrected chi connectivity index (χ1v) is 10.2. The van der Waals surface area contributed by atoms with Gasteiger partial charge in [-0.1, -0.05) is 36.4 Å². The molecule has 0 aliphatic rings. The Morgan fingerprint density at radius 1 is 0.909 bits per heavy atom. The highest BCUT2D eigenvalue weighted by Crippen LogP contribution is 2.31. The van der Waals surface area contributed by atoms with Crippen molar-refractivity contribution in [2.24, 2.45) is 0 Å². The minimum Gasteiger partial charge on any atom is -0.507 e. The van der Waals surface area contributed by atoms with Crippen molar-refractivity contribution in [3.63, 3.8) is 0 Å². The molecule has 4 rings (SSSR count). The topological polar surface area (TPSA) is 129 Å². The number of aromatic hydroxyl groups is 3. The zero-order valence-corrected chi connectivity index (χ0v) is 17.4. The van der Waals surface area contributed by atoms with E-state index in [9.17, 15) is 24.9 Å². The monoisotopic (exact) mass is 447 g/mol. The van der Waals surface area contributed by atoms with Gasteiger partial charge >= 0.3 is 0 Å². The Morgan fingerprint density at radius 2 is 1.70 bits per heavy atom. The van der Waals surface area contributed by atoms with Crippen LogP contribution in [-0.4, -0.2) is 34.4 Å². The normalized spacial score (nSPS) is 10.8. The second-order valence-corrected chi connectivity index (χ2v) is 7.37. The van der Waals surface area contributed by atoms with E-state index in [0.29, 0.717) is 24.3 Å². The SMILES string of the molecule is O=C(COc1cc(O)c2c(=O)cc(-c3ccccc3)oc2c1)NCCc1ccc(O)c(O)c1. The molecule has 0 aliphatic heterocycles. The molecule has 0 atom stereocenters. The van der Waals surface area contributed by atoms with E-state index in [4.69, 9.17) is 9.15 Å². The highest BCUT2D eigenvalue weighted by atomic mass is 16.5. The van der Waals surface area contributed by atoms with Crippen molar-refractivity contribution < 1.29 is 29.3 Å². The number of amides is 1. The summed E-state index contributed by atoms with van der Waals surface area (Å²) in [6, 6.07) is 17.6. The van der Waals surface area contributed by atoms with Gasteiger partial charge in [0.15, 0.2) is 23.5 Å². The number of benzene rings is 3. The van der Waals surface area contributed by atoms with Crippen LogP contribution in [-0.2, 0) is 11.2 Å². The predicted molar refractivity (Wildman–Crippen MR) is 122 cm³/mol. The molecular formula is C25H21NO7. The van der Waals surface area contributed by atoms with Crippen LogP contribution < -0.4 is 15.5 Å². The van der Waals surface area contributed by atoms with Gasteiger partial charge in [-0.05, 0) is 24.1 Å². The summed E-state index contributed by atoms with van der Waals surface area (Å²) < 4.78 is 11.3. The molecule has 3 aromatic carbocycles. The first-order chi connectivity index (χ1) is 15.9. The quantitative estimate of drug-likeness (QED) is 0.320. The summed E-state index contributed by atoms with van der Waals surface area (Å²) in [5, 5.41) is 31.8. The smallest absolute Gasteiger partial charge is 0.257 e. The largest absolute Gasteiger partial charge is 0.507 e. The second-order valence-electron chi connectivity index (χ2n) is 7.37. The molecule has 1 aromatic heterocycles. The highest BCUT2D eigenvalue weighted by Gasteiger charge is 2.13. The molecule has 0 radical (unpaired) electrons. The summed E-state index contributed by atoms with van der Waals surface area (Å²) in [5.74, 6) is -0.600. The predicted octanol–water partition coefficient (Wildman–Crippen LogP) is 3.31. The molecule has 0 saturated heterocycles. The first kappa shape index (κ1) is 21.8. The van der Waals surface area contributed by atoms with Crippen LogP contribution in [0.4, 0.5) is 0 Å². The number of hydrogen-bond acceptors (Lipinski definition) is 7. The van der Waals surface area contributed by atoms with Gasteiger partial charge in [-0.3, -0.25) is 9.59 Å². The minimum absolute atomic E-state index is 0.0311. The molecule has 0 unspecified atom stereocenters. The maximum Gasteiger partial charge on any atom is 0.257 e. The Hall–Kier alpha value is -4.46. The summed E-state index contributed by atoms with van der Waals surface area (Å²) >= 11 is 0. The molecule has 0 bridgehead atoms. The number of hydrogen-bond donors (Lipinski definition) is 4. The average Bonchev–Trinajstić information content (AvgIpc) is 2.80. The van der Waals surface area contributed by atoms with E-state index in [0.717, 1.165) is 5.56 Å². The van der Waals surface area contributed by atoms with Gasteiger partial charge in [-0.15, -0.1) is 0 Å². The lowest BCUT2D eigenvalue weighted by Gasteiger charge is -2.10. The number of phenols is 3. The molecule has 1 heterocycles. The molecule has 0 fully saturated rings. The number of ether oxygens (including phenoxy) is 1. The molecule has 0 spiro atoms. The van der Waals surface area contributed by atoms with Gasteiger partial charge in [0.25, 0.3) is 5.91 Å². The molecule has 4 aromatic rings. The van der Waals surface area contributed by atoms with Crippen LogP contribution in [0.15, 0.2) is 75.9 Å². The molecule has 4 N–H and O–H groups in total. The van der Waals surface area contributed by atoms with Crippen molar-refractivity contribution in [2.45, 2.75) is 6.42 Å². The Morgan fingerprint density at radius 3 is 2.45 bits per heavy atom. The lowest BCUT2D eigenvalue weighted by Crippen LogP contribution is -2.30. The summed E-state index contributed by atoms with van der Waals surface area (Å²) in [7, 11) is 0. The van der Waals surface area contributed by atoms with Crippen LogP contribution in [0.1, 0.15) is 5.56 Å². The first-order valence-electron chi connectivity index (χ1n) is 10.2. The molecule has 0 aliphatic carbocycles. The fourth-order valence-corrected chi connectivity index (χ4v) is 3.34. The van der Waals surface area contributed by atoms with Crippen molar-refractivity contribution in [2.75, 3.05) is 13.2 Å². The third kappa shape index (κ3) is 5.07. The molecule has 0 saturated carbocycles. The molecule has 33 heavy (non-hydrogen) atoms. The van der Waals surface area contributed by atoms with Gasteiger partial charge in [-0.2, -0.15) is 0 Å². The van der Waals surface area contributed by atoms with E-state index in [1.165, 1.54) is 30.3 Å². The number of phenolic OH excluding ortho intramolecular Hbond substituents is 3. The van der Waals surface area contributed by atoms with E-state index < -0.39 is 11.3 Å². The maximum absolute atomic E-state index is 12.5. The van der Waals surface area contributed by atoms with E-state index in [1.54, 1.807) is 18.2 Å². The molecule has 1 amide bonds. The number of carbonyl (C=O) groups is 1. The van der Waals surface area contributed by atoms with Crippen molar-refractivity contribution in [3.05, 3.63) is 82.5 Å². The molecular weight excluding hydrogens is 426 g/mol. The molecule has 168 valence electrons. The maximum atomic E-state index is 12.5. The van der Waals surface area contributed by atoms with Crippen LogP contribution in [0.5, 0.6) is 23.0 Å². The van der Waals surface area contributed by atoms with Gasteiger partial charge in [0.2, 0.25) is 0 Å². The number of rotatable bonds is 7. The Balaban J connectivity index is 1.42. The lowest BCUT2D eigenvalue weighted by atomic mass is 10.1. The van der Waals surface area contributed by atoms with Crippen LogP contribution in [0.2, 0.25) is 0 Å². The molecule has 8 nitrogen and oxygen atoms in total.